The Labute approximate surface area is 160 Å². The van der Waals surface area contributed by atoms with Gasteiger partial charge in [0.25, 0.3) is 0 Å². The van der Waals surface area contributed by atoms with Crippen LogP contribution in [0.15, 0.2) is 30.3 Å². The number of ether oxygens (including phenoxy) is 1. The summed E-state index contributed by atoms with van der Waals surface area (Å²) in [5.41, 5.74) is -0.831. The number of halogens is 1. The van der Waals surface area contributed by atoms with Crippen molar-refractivity contribution in [2.75, 3.05) is 13.1 Å². The van der Waals surface area contributed by atoms with Crippen LogP contribution < -0.4 is 4.74 Å². The van der Waals surface area contributed by atoms with Gasteiger partial charge in [-0.2, -0.15) is 0 Å². The molecule has 1 aromatic carbocycles. The molecule has 25 heavy (non-hydrogen) atoms. The Bertz CT molecular complexity index is 525. The van der Waals surface area contributed by atoms with Crippen molar-refractivity contribution in [3.63, 3.8) is 0 Å². The summed E-state index contributed by atoms with van der Waals surface area (Å²) in [6.45, 7) is 2.33. The second-order valence-corrected chi connectivity index (χ2v) is 8.03. The average Bonchev–Trinajstić information content (AvgIpc) is 2.63. The number of hydrogen-bond acceptors (Lipinski definition) is 4. The lowest BCUT2D eigenvalue weighted by Gasteiger charge is -2.42. The third-order valence-electron chi connectivity index (χ3n) is 5.01. The highest BCUT2D eigenvalue weighted by Gasteiger charge is 2.35. The van der Waals surface area contributed by atoms with E-state index in [0.717, 1.165) is 6.42 Å². The summed E-state index contributed by atoms with van der Waals surface area (Å²) in [6, 6.07) is 9.79. The maximum absolute atomic E-state index is 11.7. The van der Waals surface area contributed by atoms with Gasteiger partial charge in [0.15, 0.2) is 0 Å². The second-order valence-electron chi connectivity index (χ2n) is 6.72. The van der Waals surface area contributed by atoms with Crippen molar-refractivity contribution >= 4 is 30.1 Å². The Balaban J connectivity index is 0.00000225. The molecule has 0 aromatic heterocycles. The molecule has 140 valence electrons. The molecular formula is C19H28ClNO3S. The predicted molar refractivity (Wildman–Crippen MR) is 105 cm³/mol. The van der Waals surface area contributed by atoms with Crippen LogP contribution >= 0.6 is 24.2 Å². The van der Waals surface area contributed by atoms with Crippen molar-refractivity contribution in [2.45, 2.75) is 61.7 Å². The molecule has 2 aliphatic rings. The lowest BCUT2D eigenvalue weighted by atomic mass is 9.92. The smallest absolute Gasteiger partial charge is 0.355 e. The summed E-state index contributed by atoms with van der Waals surface area (Å²) in [5.74, 6) is -0.255. The Hall–Kier alpha value is -0.910. The molecule has 1 aromatic rings. The van der Waals surface area contributed by atoms with Crippen LogP contribution in [0.3, 0.4) is 0 Å². The van der Waals surface area contributed by atoms with Crippen LogP contribution in [-0.2, 0) is 4.79 Å². The molecule has 6 heteroatoms. The molecule has 1 aliphatic heterocycles. The van der Waals surface area contributed by atoms with Crippen molar-refractivity contribution in [3.05, 3.63) is 30.3 Å². The maximum Gasteiger partial charge on any atom is 0.355 e. The van der Waals surface area contributed by atoms with E-state index in [9.17, 15) is 9.90 Å². The maximum atomic E-state index is 11.7. The number of carboxylic acid groups (broad SMARTS) is 1. The van der Waals surface area contributed by atoms with E-state index in [1.165, 1.54) is 63.4 Å². The third kappa shape index (κ3) is 5.80. The molecule has 0 amide bonds. The van der Waals surface area contributed by atoms with Crippen molar-refractivity contribution in [3.8, 4) is 5.75 Å². The van der Waals surface area contributed by atoms with E-state index in [2.05, 4.69) is 4.90 Å². The molecule has 4 nitrogen and oxygen atoms in total. The Morgan fingerprint density at radius 2 is 1.76 bits per heavy atom. The summed E-state index contributed by atoms with van der Waals surface area (Å²) in [4.78, 5) is 14.3. The zero-order valence-electron chi connectivity index (χ0n) is 14.5. The van der Waals surface area contributed by atoms with Gasteiger partial charge in [-0.1, -0.05) is 37.5 Å². The second kappa shape index (κ2) is 10.3. The van der Waals surface area contributed by atoms with Crippen molar-refractivity contribution in [1.29, 1.82) is 0 Å². The third-order valence-corrected chi connectivity index (χ3v) is 6.46. The summed E-state index contributed by atoms with van der Waals surface area (Å²) < 4.78 is 5.76. The molecule has 3 rings (SSSR count). The van der Waals surface area contributed by atoms with Gasteiger partial charge in [0, 0.05) is 11.3 Å². The van der Waals surface area contributed by atoms with E-state index in [-0.39, 0.29) is 12.4 Å². The first-order chi connectivity index (χ1) is 11.7. The molecular weight excluding hydrogens is 358 g/mol. The number of likely N-dealkylation sites (tertiary alicyclic amines) is 1. The Morgan fingerprint density at radius 3 is 2.44 bits per heavy atom. The van der Waals surface area contributed by atoms with Gasteiger partial charge in [-0.3, -0.25) is 4.90 Å². The summed E-state index contributed by atoms with van der Waals surface area (Å²) in [6.07, 6.45) is 8.61. The number of benzene rings is 1. The number of piperidine rings is 1. The number of aliphatic carboxylic acids is 1. The van der Waals surface area contributed by atoms with E-state index in [0.29, 0.717) is 17.0 Å². The molecule has 1 N–H and O–H groups in total. The van der Waals surface area contributed by atoms with Crippen LogP contribution in [0.1, 0.15) is 44.9 Å². The molecule has 1 saturated heterocycles. The van der Waals surface area contributed by atoms with Crippen LogP contribution in [0, 0.1) is 0 Å². The van der Waals surface area contributed by atoms with Crippen LogP contribution in [0.2, 0.25) is 0 Å². The molecule has 0 radical (unpaired) electrons. The monoisotopic (exact) mass is 385 g/mol. The lowest BCUT2D eigenvalue weighted by Crippen LogP contribution is -2.47. The predicted octanol–water partition coefficient (Wildman–Crippen LogP) is 4.43. The number of nitrogens with zero attached hydrogens (tertiary/aromatic N) is 1. The summed E-state index contributed by atoms with van der Waals surface area (Å²) >= 11 is 1.51. The van der Waals surface area contributed by atoms with Crippen molar-refractivity contribution in [2.24, 2.45) is 0 Å². The minimum absolute atomic E-state index is 0. The number of thioether (sulfide) groups is 1. The van der Waals surface area contributed by atoms with Gasteiger partial charge in [-0.15, -0.1) is 24.2 Å². The van der Waals surface area contributed by atoms with E-state index >= 15 is 0 Å². The number of carbonyl (C=O) groups is 1. The van der Waals surface area contributed by atoms with Gasteiger partial charge in [-0.05, 0) is 50.9 Å². The van der Waals surface area contributed by atoms with Crippen LogP contribution in [0.25, 0.3) is 0 Å². The van der Waals surface area contributed by atoms with Crippen LogP contribution in [-0.4, -0.2) is 45.8 Å². The fourth-order valence-corrected chi connectivity index (χ4v) is 5.21. The number of hydrogen-bond donors (Lipinski definition) is 1. The van der Waals surface area contributed by atoms with Gasteiger partial charge in [0.05, 0.1) is 0 Å². The standard InChI is InChI=1S/C19H27NO3S.ClH/c21-18(22)19(23-15-9-3-1-4-10-15)24-17-12-6-5-11-16(17)20-13-7-2-8-14-20;/h1,3-4,9-10,16-17,19H,2,5-8,11-14H2,(H,21,22);1H/t16-,17-,19?;/m1./s1. The SMILES string of the molecule is Cl.O=C(O)C(Oc1ccccc1)S[C@@H]1CCCC[C@H]1N1CCCCC1. The van der Waals surface area contributed by atoms with Crippen LogP contribution in [0.5, 0.6) is 5.75 Å². The largest absolute Gasteiger partial charge is 0.478 e. The van der Waals surface area contributed by atoms with Gasteiger partial charge < -0.3 is 9.84 Å². The van der Waals surface area contributed by atoms with Crippen LogP contribution in [0.4, 0.5) is 0 Å². The van der Waals surface area contributed by atoms with Gasteiger partial charge in [-0.25, -0.2) is 4.79 Å². The molecule has 0 bridgehead atoms. The first-order valence-electron chi connectivity index (χ1n) is 9.08. The number of para-hydroxylation sites is 1. The first-order valence-corrected chi connectivity index (χ1v) is 10.0. The average molecular weight is 386 g/mol. The highest BCUT2D eigenvalue weighted by atomic mass is 35.5. The molecule has 3 atom stereocenters. The molecule has 2 fully saturated rings. The topological polar surface area (TPSA) is 49.8 Å². The number of rotatable bonds is 6. The minimum atomic E-state index is -0.883. The highest BCUT2D eigenvalue weighted by molar-refractivity contribution is 8.01. The zero-order chi connectivity index (χ0) is 16.8. The van der Waals surface area contributed by atoms with E-state index in [4.69, 9.17) is 4.74 Å². The Morgan fingerprint density at radius 1 is 1.08 bits per heavy atom. The molecule has 1 saturated carbocycles. The quantitative estimate of drug-likeness (QED) is 0.734. The van der Waals surface area contributed by atoms with E-state index in [1.807, 2.05) is 30.3 Å². The lowest BCUT2D eigenvalue weighted by molar-refractivity contribution is -0.140. The highest BCUT2D eigenvalue weighted by Crippen LogP contribution is 2.36. The summed E-state index contributed by atoms with van der Waals surface area (Å²) in [5, 5.41) is 9.95. The molecule has 0 spiro atoms. The Kier molecular flexibility index (Phi) is 8.40. The van der Waals surface area contributed by atoms with Gasteiger partial charge in [0.2, 0.25) is 5.44 Å². The van der Waals surface area contributed by atoms with Crippen molar-refractivity contribution in [1.82, 2.24) is 4.90 Å². The minimum Gasteiger partial charge on any atom is -0.478 e. The van der Waals surface area contributed by atoms with Crippen molar-refractivity contribution < 1.29 is 14.6 Å². The number of carboxylic acids is 1. The fraction of sp³-hybridized carbons (Fsp3) is 0.632. The molecule has 1 aliphatic carbocycles. The zero-order valence-corrected chi connectivity index (χ0v) is 16.1. The van der Waals surface area contributed by atoms with Gasteiger partial charge >= 0.3 is 5.97 Å². The normalized spacial score (nSPS) is 25.6. The molecule has 1 unspecified atom stereocenters. The van der Waals surface area contributed by atoms with Gasteiger partial charge in [0.1, 0.15) is 5.75 Å². The summed E-state index contributed by atoms with van der Waals surface area (Å²) in [7, 11) is 0. The van der Waals surface area contributed by atoms with E-state index < -0.39 is 11.4 Å². The molecule has 1 heterocycles. The first kappa shape index (κ1) is 20.4. The van der Waals surface area contributed by atoms with E-state index in [1.54, 1.807) is 0 Å². The fourth-order valence-electron chi connectivity index (χ4n) is 3.82.